The Morgan fingerprint density at radius 3 is 2.67 bits per heavy atom. The molecule has 0 radical (unpaired) electrons. The summed E-state index contributed by atoms with van der Waals surface area (Å²) in [6.45, 7) is -0.521. The van der Waals surface area contributed by atoms with E-state index in [4.69, 9.17) is 15.9 Å². The minimum absolute atomic E-state index is 0.0863. The second kappa shape index (κ2) is 5.84. The molecule has 0 spiro atoms. The lowest BCUT2D eigenvalue weighted by Crippen LogP contribution is -2.40. The normalized spacial score (nSPS) is 12.6. The Labute approximate surface area is 102 Å². The van der Waals surface area contributed by atoms with Crippen LogP contribution in [0.1, 0.15) is 5.56 Å². The lowest BCUT2D eigenvalue weighted by molar-refractivity contribution is -0.123. The van der Waals surface area contributed by atoms with Crippen LogP contribution in [0, 0.1) is 0 Å². The van der Waals surface area contributed by atoms with Crippen LogP contribution in [0.2, 0.25) is 0 Å². The first-order chi connectivity index (χ1) is 8.47. The first-order valence-electron chi connectivity index (χ1n) is 4.90. The summed E-state index contributed by atoms with van der Waals surface area (Å²) in [4.78, 5) is 11.1. The van der Waals surface area contributed by atoms with Gasteiger partial charge in [0.05, 0.1) is 12.8 Å². The number of rotatable bonds is 4. The third-order valence-electron chi connectivity index (χ3n) is 2.07. The topological polar surface area (TPSA) is 148 Å². The van der Waals surface area contributed by atoms with Gasteiger partial charge < -0.3 is 26.2 Å². The van der Waals surface area contributed by atoms with Crippen molar-refractivity contribution in [3.05, 3.63) is 17.7 Å². The van der Waals surface area contributed by atoms with Gasteiger partial charge in [-0.2, -0.15) is 5.10 Å². The van der Waals surface area contributed by atoms with E-state index < -0.39 is 35.8 Å². The molecule has 0 saturated heterocycles. The number of benzene rings is 1. The van der Waals surface area contributed by atoms with Gasteiger partial charge >= 0.3 is 0 Å². The fraction of sp³-hybridized carbons (Fsp3) is 0.200. The fourth-order valence-corrected chi connectivity index (χ4v) is 1.02. The van der Waals surface area contributed by atoms with Gasteiger partial charge in [-0.1, -0.05) is 0 Å². The number of nitrogens with two attached hydrogens (primary N) is 1. The van der Waals surface area contributed by atoms with Crippen molar-refractivity contribution in [2.45, 2.75) is 6.04 Å². The van der Waals surface area contributed by atoms with Crippen LogP contribution in [0.4, 0.5) is 0 Å². The van der Waals surface area contributed by atoms with Crippen LogP contribution < -0.4 is 11.2 Å². The van der Waals surface area contributed by atoms with E-state index in [1.807, 2.05) is 5.43 Å². The van der Waals surface area contributed by atoms with Gasteiger partial charge in [-0.15, -0.1) is 0 Å². The summed E-state index contributed by atoms with van der Waals surface area (Å²) < 4.78 is 0. The first-order valence-corrected chi connectivity index (χ1v) is 4.90. The second-order valence-corrected chi connectivity index (χ2v) is 3.39. The molecule has 0 unspecified atom stereocenters. The maximum absolute atomic E-state index is 11.1. The van der Waals surface area contributed by atoms with Crippen LogP contribution in [0.3, 0.4) is 0 Å². The molecule has 1 rings (SSSR count). The highest BCUT2D eigenvalue weighted by atomic mass is 16.3. The van der Waals surface area contributed by atoms with Crippen molar-refractivity contribution >= 4 is 12.1 Å². The molecule has 0 aromatic heterocycles. The SMILES string of the molecule is N[C@H](CO)C(=O)N/N=C\c1ccc(O)c(O)c1O. The molecule has 0 heterocycles. The molecular formula is C10H13N3O5. The van der Waals surface area contributed by atoms with E-state index in [0.29, 0.717) is 0 Å². The van der Waals surface area contributed by atoms with Crippen molar-refractivity contribution in [1.82, 2.24) is 5.43 Å². The van der Waals surface area contributed by atoms with Gasteiger partial charge in [-0.3, -0.25) is 4.79 Å². The summed E-state index contributed by atoms with van der Waals surface area (Å²) in [5, 5.41) is 39.8. The maximum Gasteiger partial charge on any atom is 0.259 e. The zero-order valence-corrected chi connectivity index (χ0v) is 9.24. The van der Waals surface area contributed by atoms with E-state index in [-0.39, 0.29) is 5.56 Å². The van der Waals surface area contributed by atoms with Crippen LogP contribution in [-0.2, 0) is 4.79 Å². The molecule has 0 bridgehead atoms. The number of hydrogen-bond acceptors (Lipinski definition) is 7. The Hall–Kier alpha value is -2.32. The number of aliphatic hydroxyl groups is 1. The number of phenols is 3. The zero-order valence-electron chi connectivity index (χ0n) is 9.24. The highest BCUT2D eigenvalue weighted by Crippen LogP contribution is 2.36. The number of carbonyl (C=O) groups excluding carboxylic acids is 1. The molecule has 0 aliphatic heterocycles. The number of aliphatic hydroxyl groups excluding tert-OH is 1. The standard InChI is InChI=1S/C10H13N3O5/c11-6(4-14)10(18)13-12-3-5-1-2-7(15)9(17)8(5)16/h1-3,6,14-17H,4,11H2,(H,13,18)/b12-3-/t6-/m1/s1. The van der Waals surface area contributed by atoms with Crippen LogP contribution in [0.5, 0.6) is 17.2 Å². The quantitative estimate of drug-likeness (QED) is 0.221. The number of phenolic OH excluding ortho intramolecular Hbond substituents is 3. The van der Waals surface area contributed by atoms with E-state index in [0.717, 1.165) is 12.3 Å². The van der Waals surface area contributed by atoms with Crippen molar-refractivity contribution < 1.29 is 25.2 Å². The molecule has 98 valence electrons. The van der Waals surface area contributed by atoms with Crippen LogP contribution in [-0.4, -0.2) is 45.2 Å². The summed E-state index contributed by atoms with van der Waals surface area (Å²) in [5.74, 6) is -2.43. The van der Waals surface area contributed by atoms with Crippen molar-refractivity contribution in [1.29, 1.82) is 0 Å². The van der Waals surface area contributed by atoms with Crippen LogP contribution in [0.15, 0.2) is 17.2 Å². The Balaban J connectivity index is 2.74. The van der Waals surface area contributed by atoms with Crippen molar-refractivity contribution in [3.8, 4) is 17.2 Å². The predicted molar refractivity (Wildman–Crippen MR) is 62.2 cm³/mol. The predicted octanol–water partition coefficient (Wildman–Crippen LogP) is -1.43. The molecule has 0 aliphatic carbocycles. The molecule has 1 amide bonds. The van der Waals surface area contributed by atoms with Crippen molar-refractivity contribution in [2.24, 2.45) is 10.8 Å². The van der Waals surface area contributed by atoms with Gasteiger partial charge in [0, 0.05) is 5.56 Å². The number of nitrogens with zero attached hydrogens (tertiary/aromatic N) is 1. The third-order valence-corrected chi connectivity index (χ3v) is 2.07. The number of carbonyl (C=O) groups is 1. The molecule has 1 aromatic rings. The van der Waals surface area contributed by atoms with Crippen molar-refractivity contribution in [2.75, 3.05) is 6.61 Å². The highest BCUT2D eigenvalue weighted by molar-refractivity contribution is 5.87. The summed E-state index contributed by atoms with van der Waals surface area (Å²) in [7, 11) is 0. The molecule has 8 nitrogen and oxygen atoms in total. The summed E-state index contributed by atoms with van der Waals surface area (Å²) >= 11 is 0. The van der Waals surface area contributed by atoms with E-state index in [9.17, 15) is 15.0 Å². The van der Waals surface area contributed by atoms with Crippen molar-refractivity contribution in [3.63, 3.8) is 0 Å². The third kappa shape index (κ3) is 3.09. The Bertz CT molecular complexity index is 475. The van der Waals surface area contributed by atoms with Gasteiger partial charge in [0.15, 0.2) is 11.5 Å². The Morgan fingerprint density at radius 1 is 1.39 bits per heavy atom. The monoisotopic (exact) mass is 255 g/mol. The molecule has 1 atom stereocenters. The van der Waals surface area contributed by atoms with Gasteiger partial charge in [0.1, 0.15) is 6.04 Å². The van der Waals surface area contributed by atoms with E-state index in [1.54, 1.807) is 0 Å². The average molecular weight is 255 g/mol. The lowest BCUT2D eigenvalue weighted by Gasteiger charge is -2.05. The molecule has 8 heteroatoms. The van der Waals surface area contributed by atoms with E-state index in [2.05, 4.69) is 5.10 Å². The van der Waals surface area contributed by atoms with Gasteiger partial charge in [-0.25, -0.2) is 5.43 Å². The second-order valence-electron chi connectivity index (χ2n) is 3.39. The molecule has 1 aromatic carbocycles. The van der Waals surface area contributed by atoms with Gasteiger partial charge in [0.2, 0.25) is 5.75 Å². The number of aromatic hydroxyl groups is 3. The molecule has 0 fully saturated rings. The average Bonchev–Trinajstić information content (AvgIpc) is 2.37. The van der Waals surface area contributed by atoms with Gasteiger partial charge in [-0.05, 0) is 12.1 Å². The number of nitrogens with one attached hydrogen (secondary N) is 1. The van der Waals surface area contributed by atoms with E-state index >= 15 is 0 Å². The largest absolute Gasteiger partial charge is 0.504 e. The molecule has 0 aliphatic rings. The number of hydrogen-bond donors (Lipinski definition) is 6. The maximum atomic E-state index is 11.1. The number of hydrazone groups is 1. The summed E-state index contributed by atoms with van der Waals surface area (Å²) in [6, 6.07) is 1.34. The molecular weight excluding hydrogens is 242 g/mol. The molecule has 7 N–H and O–H groups in total. The lowest BCUT2D eigenvalue weighted by atomic mass is 10.2. The fourth-order valence-electron chi connectivity index (χ4n) is 1.02. The van der Waals surface area contributed by atoms with Crippen LogP contribution >= 0.6 is 0 Å². The summed E-state index contributed by atoms with van der Waals surface area (Å²) in [5.41, 5.74) is 7.33. The first kappa shape index (κ1) is 13.7. The summed E-state index contributed by atoms with van der Waals surface area (Å²) in [6.07, 6.45) is 1.05. The number of amides is 1. The minimum Gasteiger partial charge on any atom is -0.504 e. The Morgan fingerprint density at radius 2 is 2.06 bits per heavy atom. The van der Waals surface area contributed by atoms with Crippen LogP contribution in [0.25, 0.3) is 0 Å². The van der Waals surface area contributed by atoms with Gasteiger partial charge in [0.25, 0.3) is 5.91 Å². The Kier molecular flexibility index (Phi) is 4.46. The zero-order chi connectivity index (χ0) is 13.7. The smallest absolute Gasteiger partial charge is 0.259 e. The molecule has 0 saturated carbocycles. The highest BCUT2D eigenvalue weighted by Gasteiger charge is 2.11. The molecule has 18 heavy (non-hydrogen) atoms. The van der Waals surface area contributed by atoms with E-state index in [1.165, 1.54) is 6.07 Å². The minimum atomic E-state index is -1.09.